The summed E-state index contributed by atoms with van der Waals surface area (Å²) in [6, 6.07) is 0. The molecule has 112 valence electrons. The molecule has 3 heteroatoms. The van der Waals surface area contributed by atoms with Gasteiger partial charge in [0.15, 0.2) is 5.78 Å². The first-order valence-corrected chi connectivity index (χ1v) is 7.63. The van der Waals surface area contributed by atoms with Crippen LogP contribution in [0.5, 0.6) is 0 Å². The highest BCUT2D eigenvalue weighted by molar-refractivity contribution is 6.31. The summed E-state index contributed by atoms with van der Waals surface area (Å²) in [6.07, 6.45) is 2.88. The van der Waals surface area contributed by atoms with Gasteiger partial charge in [0.1, 0.15) is 5.54 Å². The Morgan fingerprint density at radius 1 is 1.05 bits per heavy atom. The second-order valence-corrected chi connectivity index (χ2v) is 7.90. The molecule has 0 unspecified atom stereocenters. The fourth-order valence-electron chi connectivity index (χ4n) is 4.26. The van der Waals surface area contributed by atoms with Gasteiger partial charge in [0.2, 0.25) is 0 Å². The number of carbonyl (C=O) groups excluding carboxylic acids is 1. The molecule has 0 aromatic rings. The van der Waals surface area contributed by atoms with E-state index in [0.29, 0.717) is 6.42 Å². The minimum absolute atomic E-state index is 0.189. The minimum Gasteiger partial charge on any atom is -0.296 e. The Kier molecular flexibility index (Phi) is 2.62. The Bertz CT molecular complexity index is 686. The summed E-state index contributed by atoms with van der Waals surface area (Å²) in [5, 5.41) is 0. The van der Waals surface area contributed by atoms with Crippen LogP contribution in [-0.4, -0.2) is 28.3 Å². The molecule has 2 aliphatic heterocycles. The number of nitrogens with zero attached hydrogens (tertiary/aromatic N) is 2. The van der Waals surface area contributed by atoms with Crippen LogP contribution in [0.2, 0.25) is 0 Å². The zero-order valence-electron chi connectivity index (χ0n) is 14.1. The first-order valence-electron chi connectivity index (χ1n) is 7.63. The van der Waals surface area contributed by atoms with Crippen LogP contribution in [0.4, 0.5) is 0 Å². The number of dihydropyridines is 1. The summed E-state index contributed by atoms with van der Waals surface area (Å²) in [6.45, 7) is 14.3. The molecule has 0 spiro atoms. The SMILES string of the molecule is CC1=CC(C)(C)N=C2C[C@]3(C)C(=O)C(C)(C)N=C3C(C)=C12. The smallest absolute Gasteiger partial charge is 0.171 e. The van der Waals surface area contributed by atoms with Crippen LogP contribution < -0.4 is 0 Å². The third-order valence-corrected chi connectivity index (χ3v) is 4.90. The van der Waals surface area contributed by atoms with Crippen molar-refractivity contribution < 1.29 is 4.79 Å². The number of ketones is 1. The lowest BCUT2D eigenvalue weighted by atomic mass is 9.66. The fourth-order valence-corrected chi connectivity index (χ4v) is 4.26. The number of fused-ring (bicyclic) bond motifs is 2. The molecule has 0 saturated carbocycles. The Hall–Kier alpha value is -1.51. The molecule has 0 saturated heterocycles. The van der Waals surface area contributed by atoms with E-state index in [4.69, 9.17) is 9.98 Å². The molecule has 2 heterocycles. The maximum Gasteiger partial charge on any atom is 0.171 e. The van der Waals surface area contributed by atoms with Crippen molar-refractivity contribution in [3.63, 3.8) is 0 Å². The highest BCUT2D eigenvalue weighted by Crippen LogP contribution is 2.47. The lowest BCUT2D eigenvalue weighted by Crippen LogP contribution is -2.45. The summed E-state index contributed by atoms with van der Waals surface area (Å²) < 4.78 is 0. The normalized spacial score (nSPS) is 33.1. The molecule has 0 aromatic carbocycles. The topological polar surface area (TPSA) is 41.8 Å². The van der Waals surface area contributed by atoms with E-state index in [0.717, 1.165) is 17.0 Å². The van der Waals surface area contributed by atoms with Crippen LogP contribution in [0.25, 0.3) is 0 Å². The van der Waals surface area contributed by atoms with Crippen LogP contribution in [0.1, 0.15) is 54.9 Å². The Morgan fingerprint density at radius 3 is 2.29 bits per heavy atom. The highest BCUT2D eigenvalue weighted by Gasteiger charge is 2.55. The quantitative estimate of drug-likeness (QED) is 0.669. The second kappa shape index (κ2) is 3.82. The van der Waals surface area contributed by atoms with Gasteiger partial charge in [-0.3, -0.25) is 14.8 Å². The van der Waals surface area contributed by atoms with E-state index in [1.54, 1.807) is 0 Å². The van der Waals surface area contributed by atoms with Crippen molar-refractivity contribution in [3.05, 3.63) is 22.8 Å². The summed E-state index contributed by atoms with van der Waals surface area (Å²) in [5.41, 5.74) is 4.32. The van der Waals surface area contributed by atoms with Crippen LogP contribution in [0.15, 0.2) is 32.8 Å². The molecular formula is C18H24N2O. The molecule has 0 bridgehead atoms. The van der Waals surface area contributed by atoms with Crippen molar-refractivity contribution >= 4 is 17.2 Å². The second-order valence-electron chi connectivity index (χ2n) is 7.90. The molecule has 3 nitrogen and oxygen atoms in total. The van der Waals surface area contributed by atoms with Gasteiger partial charge < -0.3 is 0 Å². The number of allylic oxidation sites excluding steroid dienone is 3. The summed E-state index contributed by atoms with van der Waals surface area (Å²) in [5.74, 6) is 0.219. The lowest BCUT2D eigenvalue weighted by molar-refractivity contribution is -0.127. The molecule has 0 aromatic heterocycles. The van der Waals surface area contributed by atoms with Crippen LogP contribution >= 0.6 is 0 Å². The van der Waals surface area contributed by atoms with Crippen LogP contribution in [0.3, 0.4) is 0 Å². The Balaban J connectivity index is 2.26. The fraction of sp³-hybridized carbons (Fsp3) is 0.611. The van der Waals surface area contributed by atoms with Gasteiger partial charge in [-0.1, -0.05) is 6.08 Å². The van der Waals surface area contributed by atoms with E-state index in [9.17, 15) is 4.79 Å². The number of hydrogen-bond acceptors (Lipinski definition) is 3. The summed E-state index contributed by atoms with van der Waals surface area (Å²) in [4.78, 5) is 22.5. The Morgan fingerprint density at radius 2 is 1.67 bits per heavy atom. The van der Waals surface area contributed by atoms with Gasteiger partial charge in [0.25, 0.3) is 0 Å². The number of Topliss-reactive ketones (excluding diaryl/α,β-unsaturated/α-hetero) is 1. The zero-order valence-corrected chi connectivity index (χ0v) is 14.1. The van der Waals surface area contributed by atoms with Gasteiger partial charge in [-0.15, -0.1) is 0 Å². The van der Waals surface area contributed by atoms with Crippen molar-refractivity contribution in [2.24, 2.45) is 15.4 Å². The van der Waals surface area contributed by atoms with E-state index in [1.165, 1.54) is 11.1 Å². The van der Waals surface area contributed by atoms with Crippen molar-refractivity contribution in [2.75, 3.05) is 0 Å². The molecule has 0 fully saturated rings. The first kappa shape index (κ1) is 14.4. The van der Waals surface area contributed by atoms with Gasteiger partial charge >= 0.3 is 0 Å². The van der Waals surface area contributed by atoms with Gasteiger partial charge in [-0.25, -0.2) is 0 Å². The standard InChI is InChI=1S/C18H24N2O/c1-10-8-16(3,4)19-12-9-18(7)14(11(2)13(10)12)20-17(5,6)15(18)21/h8H,9H2,1-7H3/t18-/m0/s1. The summed E-state index contributed by atoms with van der Waals surface area (Å²) >= 11 is 0. The molecule has 0 N–H and O–H groups in total. The van der Waals surface area contributed by atoms with Crippen LogP contribution in [0, 0.1) is 5.41 Å². The highest BCUT2D eigenvalue weighted by atomic mass is 16.1. The average molecular weight is 284 g/mol. The molecule has 3 aliphatic rings. The van der Waals surface area contributed by atoms with E-state index in [1.807, 2.05) is 20.8 Å². The van der Waals surface area contributed by atoms with Gasteiger partial charge in [-0.05, 0) is 59.6 Å². The summed E-state index contributed by atoms with van der Waals surface area (Å²) in [7, 11) is 0. The number of aliphatic imine (C=N–C) groups is 2. The zero-order chi connectivity index (χ0) is 15.8. The third kappa shape index (κ3) is 1.82. The van der Waals surface area contributed by atoms with E-state index in [-0.39, 0.29) is 11.3 Å². The van der Waals surface area contributed by atoms with E-state index in [2.05, 4.69) is 33.8 Å². The molecule has 0 radical (unpaired) electrons. The van der Waals surface area contributed by atoms with Crippen LogP contribution in [-0.2, 0) is 4.79 Å². The number of hydrogen-bond donors (Lipinski definition) is 0. The minimum atomic E-state index is -0.618. The van der Waals surface area contributed by atoms with Gasteiger partial charge in [0.05, 0.1) is 16.7 Å². The van der Waals surface area contributed by atoms with E-state index >= 15 is 0 Å². The predicted molar refractivity (Wildman–Crippen MR) is 87.2 cm³/mol. The van der Waals surface area contributed by atoms with Crippen molar-refractivity contribution in [1.29, 1.82) is 0 Å². The van der Waals surface area contributed by atoms with E-state index < -0.39 is 11.0 Å². The lowest BCUT2D eigenvalue weighted by Gasteiger charge is -2.37. The predicted octanol–water partition coefficient (Wildman–Crippen LogP) is 3.69. The van der Waals surface area contributed by atoms with Crippen molar-refractivity contribution in [1.82, 2.24) is 0 Å². The van der Waals surface area contributed by atoms with Gasteiger partial charge in [-0.2, -0.15) is 0 Å². The molecular weight excluding hydrogens is 260 g/mol. The number of carbonyl (C=O) groups is 1. The molecule has 3 rings (SSSR count). The van der Waals surface area contributed by atoms with Gasteiger partial charge in [0, 0.05) is 17.7 Å². The van der Waals surface area contributed by atoms with Crippen molar-refractivity contribution in [2.45, 2.75) is 66.0 Å². The molecule has 1 atom stereocenters. The molecule has 0 amide bonds. The van der Waals surface area contributed by atoms with Crippen molar-refractivity contribution in [3.8, 4) is 0 Å². The monoisotopic (exact) mass is 284 g/mol. The molecule has 1 aliphatic carbocycles. The maximum atomic E-state index is 12.8. The average Bonchev–Trinajstić information content (AvgIpc) is 2.47. The molecule has 21 heavy (non-hydrogen) atoms. The largest absolute Gasteiger partial charge is 0.296 e. The number of rotatable bonds is 0. The first-order chi connectivity index (χ1) is 9.48. The Labute approximate surface area is 126 Å². The third-order valence-electron chi connectivity index (χ3n) is 4.90. The maximum absolute atomic E-state index is 12.8.